The molecule has 32 valence electrons. The Morgan fingerprint density at radius 2 is 1.40 bits per heavy atom. The second-order valence-electron chi connectivity index (χ2n) is 0. The molecule has 4 heteroatoms. The van der Waals surface area contributed by atoms with Crippen molar-refractivity contribution in [1.29, 1.82) is 5.26 Å². The van der Waals surface area contributed by atoms with E-state index >= 15 is 0 Å². The van der Waals surface area contributed by atoms with E-state index in [1.807, 2.05) is 15.9 Å². The van der Waals surface area contributed by atoms with E-state index in [0.29, 0.717) is 0 Å². The van der Waals surface area contributed by atoms with Crippen LogP contribution in [0.1, 0.15) is 0 Å². The first-order valence-electron chi connectivity index (χ1n) is 0.368. The minimum atomic E-state index is 0. The molecule has 5 heavy (non-hydrogen) atoms. The average molecular weight is 154 g/mol. The summed E-state index contributed by atoms with van der Waals surface area (Å²) in [5, 5.41) is 6.25. The molecule has 0 aromatic rings. The molecule has 0 saturated heterocycles. The van der Waals surface area contributed by atoms with E-state index in [4.69, 9.17) is 15.7 Å². The van der Waals surface area contributed by atoms with Crippen molar-refractivity contribution in [1.82, 2.24) is 0 Å². The molecule has 0 rings (SSSR count). The van der Waals surface area contributed by atoms with Gasteiger partial charge < -0.3 is 11.8 Å². The molecule has 0 radical (unpaired) electrons. The third-order valence-corrected chi connectivity index (χ3v) is 0. The van der Waals surface area contributed by atoms with Crippen LogP contribution in [0, 0.1) is 11.8 Å². The molecule has 0 aliphatic carbocycles. The fourth-order valence-corrected chi connectivity index (χ4v) is 0. The van der Waals surface area contributed by atoms with Gasteiger partial charge in [0.05, 0.1) is 0 Å². The van der Waals surface area contributed by atoms with Crippen LogP contribution in [0.3, 0.4) is 0 Å². The van der Waals surface area contributed by atoms with E-state index in [1.165, 1.54) is 0 Å². The van der Waals surface area contributed by atoms with Crippen molar-refractivity contribution in [3.05, 3.63) is 6.57 Å². The van der Waals surface area contributed by atoms with Gasteiger partial charge in [0.1, 0.15) is 0 Å². The van der Waals surface area contributed by atoms with E-state index in [0.717, 1.165) is 0 Å². The van der Waals surface area contributed by atoms with Gasteiger partial charge >= 0.3 is 19.8 Å². The SMILES string of the molecule is [C-]#N.[Fe].[O]=[Fe]. The molecule has 0 amide bonds. The van der Waals surface area contributed by atoms with Gasteiger partial charge in [0.2, 0.25) is 0 Å². The van der Waals surface area contributed by atoms with Gasteiger partial charge in [-0.15, -0.1) is 0 Å². The molecule has 0 fully saturated rings. The van der Waals surface area contributed by atoms with E-state index < -0.39 is 0 Å². The fraction of sp³-hybridized carbons (Fsp3) is 0. The van der Waals surface area contributed by atoms with Crippen molar-refractivity contribution in [3.8, 4) is 0 Å². The van der Waals surface area contributed by atoms with Gasteiger partial charge in [-0.2, -0.15) is 0 Å². The zero-order chi connectivity index (χ0) is 4.00. The molecule has 2 nitrogen and oxygen atoms in total. The van der Waals surface area contributed by atoms with Crippen LogP contribution in [-0.2, 0) is 36.8 Å². The summed E-state index contributed by atoms with van der Waals surface area (Å²) in [5.74, 6) is 0. The Morgan fingerprint density at radius 3 is 1.40 bits per heavy atom. The Balaban J connectivity index is -0.0000000133. The maximum absolute atomic E-state index is 8.00. The zero-order valence-electron chi connectivity index (χ0n) is 2.06. The summed E-state index contributed by atoms with van der Waals surface area (Å²) in [7, 11) is 0. The average Bonchev–Trinajstić information content (AvgIpc) is 1.50. The number of hydrogen-bond donors (Lipinski definition) is 0. The van der Waals surface area contributed by atoms with Gasteiger partial charge in [-0.3, -0.25) is 0 Å². The Hall–Kier alpha value is 0.329. The Morgan fingerprint density at radius 1 is 1.40 bits per heavy atom. The third kappa shape index (κ3) is 217. The van der Waals surface area contributed by atoms with Crippen molar-refractivity contribution in [2.75, 3.05) is 0 Å². The van der Waals surface area contributed by atoms with Crippen molar-refractivity contribution in [2.24, 2.45) is 0 Å². The van der Waals surface area contributed by atoms with E-state index in [-0.39, 0.29) is 17.1 Å². The van der Waals surface area contributed by atoms with Crippen molar-refractivity contribution >= 4 is 0 Å². The molecular weight excluding hydrogens is 154 g/mol. The second kappa shape index (κ2) is 443. The van der Waals surface area contributed by atoms with Crippen LogP contribution in [0.15, 0.2) is 0 Å². The summed E-state index contributed by atoms with van der Waals surface area (Å²) < 4.78 is 8.00. The van der Waals surface area contributed by atoms with E-state index in [1.54, 1.807) is 0 Å². The topological polar surface area (TPSA) is 40.9 Å². The Kier molecular flexibility index (Phi) is 1630. The number of nitrogens with zero attached hydrogens (tertiary/aromatic N) is 1. The van der Waals surface area contributed by atoms with Gasteiger partial charge in [-0.25, -0.2) is 0 Å². The molecule has 0 bridgehead atoms. The van der Waals surface area contributed by atoms with Crippen LogP contribution in [0.25, 0.3) is 0 Å². The predicted octanol–water partition coefficient (Wildman–Crippen LogP) is -0.0274. The third-order valence-electron chi connectivity index (χ3n) is 0. The molecule has 0 heterocycles. The van der Waals surface area contributed by atoms with E-state index in [9.17, 15) is 0 Å². The second-order valence-corrected chi connectivity index (χ2v) is 0. The summed E-state index contributed by atoms with van der Waals surface area (Å²) in [5.41, 5.74) is 0. The quantitative estimate of drug-likeness (QED) is 0.363. The van der Waals surface area contributed by atoms with Crippen molar-refractivity contribution in [2.45, 2.75) is 0 Å². The standard InChI is InChI=1S/CN.2Fe.O/c1-2;;;/q-1;;;. The number of rotatable bonds is 0. The summed E-state index contributed by atoms with van der Waals surface area (Å²) in [6.45, 7) is 4.75. The van der Waals surface area contributed by atoms with Crippen LogP contribution >= 0.6 is 0 Å². The first-order chi connectivity index (χ1) is 2.00. The molecule has 0 aromatic heterocycles. The monoisotopic (exact) mass is 154 g/mol. The van der Waals surface area contributed by atoms with Gasteiger partial charge in [-0.05, 0) is 0 Å². The molecule has 0 atom stereocenters. The summed E-state index contributed by atoms with van der Waals surface area (Å²) in [6, 6.07) is 0. The van der Waals surface area contributed by atoms with Crippen LogP contribution in [0.5, 0.6) is 0 Å². The van der Waals surface area contributed by atoms with Crippen LogP contribution < -0.4 is 0 Å². The first-order valence-corrected chi connectivity index (χ1v) is 0.819. The molecule has 0 saturated carbocycles. The van der Waals surface area contributed by atoms with Crippen molar-refractivity contribution < 1.29 is 36.8 Å². The van der Waals surface area contributed by atoms with Crippen LogP contribution in [0.2, 0.25) is 0 Å². The minimum absolute atomic E-state index is 0. The molecule has 0 aliphatic rings. The maximum atomic E-state index is 8.00. The molecular formula is CFe2NO-. The van der Waals surface area contributed by atoms with Gasteiger partial charge in [0.25, 0.3) is 0 Å². The normalized spacial score (nSPS) is 1.40. The summed E-state index contributed by atoms with van der Waals surface area (Å²) >= 11 is 2.00. The number of hydrogen-bond acceptors (Lipinski definition) is 2. The van der Waals surface area contributed by atoms with Crippen molar-refractivity contribution in [3.63, 3.8) is 0 Å². The zero-order valence-corrected chi connectivity index (χ0v) is 4.27. The van der Waals surface area contributed by atoms with Gasteiger partial charge in [0.15, 0.2) is 0 Å². The first kappa shape index (κ1) is 18.4. The van der Waals surface area contributed by atoms with Crippen LogP contribution in [-0.4, -0.2) is 0 Å². The van der Waals surface area contributed by atoms with Gasteiger partial charge in [0, 0.05) is 17.1 Å². The molecule has 0 aliphatic heterocycles. The van der Waals surface area contributed by atoms with Crippen LogP contribution in [0.4, 0.5) is 0 Å². The molecule has 0 aromatic carbocycles. The van der Waals surface area contributed by atoms with Gasteiger partial charge in [-0.1, -0.05) is 0 Å². The molecule has 0 N–H and O–H groups in total. The summed E-state index contributed by atoms with van der Waals surface area (Å²) in [6.07, 6.45) is 0. The predicted molar refractivity (Wildman–Crippen MR) is 5.65 cm³/mol. The molecule has 0 spiro atoms. The Labute approximate surface area is 49.0 Å². The summed E-state index contributed by atoms with van der Waals surface area (Å²) in [4.78, 5) is 0. The fourth-order valence-electron chi connectivity index (χ4n) is 0. The van der Waals surface area contributed by atoms with E-state index in [2.05, 4.69) is 0 Å². The Bertz CT molecular complexity index is 20.9. The molecule has 0 unspecified atom stereocenters.